The van der Waals surface area contributed by atoms with Crippen molar-refractivity contribution in [1.29, 1.82) is 0 Å². The summed E-state index contributed by atoms with van der Waals surface area (Å²) in [7, 11) is 0. The summed E-state index contributed by atoms with van der Waals surface area (Å²) in [5.41, 5.74) is 0.288. The minimum atomic E-state index is -0.0241. The van der Waals surface area contributed by atoms with Crippen LogP contribution in [0.25, 0.3) is 0 Å². The van der Waals surface area contributed by atoms with E-state index in [1.807, 2.05) is 0 Å². The molecule has 0 radical (unpaired) electrons. The smallest absolute Gasteiger partial charge is 0.306 e. The first-order valence-electron chi connectivity index (χ1n) is 8.36. The highest BCUT2D eigenvalue weighted by molar-refractivity contribution is 5.69. The van der Waals surface area contributed by atoms with E-state index in [0.29, 0.717) is 18.9 Å². The van der Waals surface area contributed by atoms with E-state index >= 15 is 0 Å². The molecular formula is C18H36O2. The second kappa shape index (κ2) is 10.2. The Kier molecular flexibility index (Phi) is 9.96. The van der Waals surface area contributed by atoms with Crippen LogP contribution in [-0.4, -0.2) is 12.6 Å². The summed E-state index contributed by atoms with van der Waals surface area (Å²) in [5, 5.41) is 0. The third-order valence-corrected chi connectivity index (χ3v) is 3.41. The molecule has 0 fully saturated rings. The van der Waals surface area contributed by atoms with Crippen molar-refractivity contribution < 1.29 is 9.53 Å². The van der Waals surface area contributed by atoms with Gasteiger partial charge >= 0.3 is 5.97 Å². The lowest BCUT2D eigenvalue weighted by atomic mass is 9.84. The highest BCUT2D eigenvalue weighted by atomic mass is 16.5. The summed E-state index contributed by atoms with van der Waals surface area (Å²) >= 11 is 0. The summed E-state index contributed by atoms with van der Waals surface area (Å²) in [6, 6.07) is 0. The first-order valence-corrected chi connectivity index (χ1v) is 8.36. The second-order valence-corrected chi connectivity index (χ2v) is 7.89. The van der Waals surface area contributed by atoms with Crippen molar-refractivity contribution in [1.82, 2.24) is 0 Å². The van der Waals surface area contributed by atoms with Crippen molar-refractivity contribution in [3.8, 4) is 0 Å². The fraction of sp³-hybridized carbons (Fsp3) is 0.944. The summed E-state index contributed by atoms with van der Waals surface area (Å²) in [6.07, 6.45) is 7.69. The average molecular weight is 284 g/mol. The molecule has 0 aliphatic heterocycles. The van der Waals surface area contributed by atoms with Crippen molar-refractivity contribution in [3.63, 3.8) is 0 Å². The lowest BCUT2D eigenvalue weighted by molar-refractivity contribution is -0.144. The van der Waals surface area contributed by atoms with Gasteiger partial charge in [0.25, 0.3) is 0 Å². The maximum atomic E-state index is 11.7. The molecule has 2 nitrogen and oxygen atoms in total. The van der Waals surface area contributed by atoms with E-state index in [1.54, 1.807) is 0 Å². The normalized spacial score (nSPS) is 13.6. The van der Waals surface area contributed by atoms with Gasteiger partial charge in [0.1, 0.15) is 0 Å². The van der Waals surface area contributed by atoms with Crippen LogP contribution in [0.15, 0.2) is 0 Å². The number of esters is 1. The largest absolute Gasteiger partial charge is 0.466 e. The summed E-state index contributed by atoms with van der Waals surface area (Å²) in [6.45, 7) is 13.9. The SMILES string of the molecule is CC(C)CCCCCCOC(=O)CC(C)CC(C)(C)C. The molecule has 0 bridgehead atoms. The number of hydrogen-bond acceptors (Lipinski definition) is 2. The molecule has 1 unspecified atom stereocenters. The third-order valence-electron chi connectivity index (χ3n) is 3.41. The van der Waals surface area contributed by atoms with Crippen molar-refractivity contribution >= 4 is 5.97 Å². The summed E-state index contributed by atoms with van der Waals surface area (Å²) < 4.78 is 5.32. The van der Waals surface area contributed by atoms with Gasteiger partial charge in [-0.3, -0.25) is 4.79 Å². The maximum absolute atomic E-state index is 11.7. The van der Waals surface area contributed by atoms with Gasteiger partial charge < -0.3 is 4.74 Å². The molecule has 0 rings (SSSR count). The van der Waals surface area contributed by atoms with Crippen LogP contribution in [0.1, 0.15) is 86.5 Å². The minimum absolute atomic E-state index is 0.0241. The van der Waals surface area contributed by atoms with Gasteiger partial charge in [0, 0.05) is 6.42 Å². The van der Waals surface area contributed by atoms with Crippen LogP contribution in [0.2, 0.25) is 0 Å². The molecule has 0 N–H and O–H groups in total. The minimum Gasteiger partial charge on any atom is -0.466 e. The van der Waals surface area contributed by atoms with Crippen molar-refractivity contribution in [2.24, 2.45) is 17.3 Å². The number of carbonyl (C=O) groups is 1. The monoisotopic (exact) mass is 284 g/mol. The number of rotatable bonds is 10. The Morgan fingerprint density at radius 3 is 2.15 bits per heavy atom. The Labute approximate surface area is 126 Å². The van der Waals surface area contributed by atoms with Crippen molar-refractivity contribution in [3.05, 3.63) is 0 Å². The molecular weight excluding hydrogens is 248 g/mol. The predicted molar refractivity (Wildman–Crippen MR) is 86.7 cm³/mol. The molecule has 0 aliphatic rings. The van der Waals surface area contributed by atoms with E-state index in [1.165, 1.54) is 25.7 Å². The third kappa shape index (κ3) is 13.9. The lowest BCUT2D eigenvalue weighted by Crippen LogP contribution is -2.16. The van der Waals surface area contributed by atoms with Crippen LogP contribution in [0.5, 0.6) is 0 Å². The Morgan fingerprint density at radius 2 is 1.60 bits per heavy atom. The van der Waals surface area contributed by atoms with E-state index in [2.05, 4.69) is 41.5 Å². The Hall–Kier alpha value is -0.530. The zero-order chi connectivity index (χ0) is 15.6. The van der Waals surface area contributed by atoms with Crippen LogP contribution in [0, 0.1) is 17.3 Å². The second-order valence-electron chi connectivity index (χ2n) is 7.89. The van der Waals surface area contributed by atoms with Gasteiger partial charge in [0.2, 0.25) is 0 Å². The molecule has 1 atom stereocenters. The topological polar surface area (TPSA) is 26.3 Å². The highest BCUT2D eigenvalue weighted by Crippen LogP contribution is 2.26. The Balaban J connectivity index is 3.50. The molecule has 0 aromatic heterocycles. The van der Waals surface area contributed by atoms with Gasteiger partial charge in [-0.25, -0.2) is 0 Å². The summed E-state index contributed by atoms with van der Waals surface area (Å²) in [4.78, 5) is 11.7. The fourth-order valence-corrected chi connectivity index (χ4v) is 2.66. The van der Waals surface area contributed by atoms with E-state index in [4.69, 9.17) is 4.74 Å². The molecule has 120 valence electrons. The summed E-state index contributed by atoms with van der Waals surface area (Å²) in [5.74, 6) is 1.19. The van der Waals surface area contributed by atoms with Crippen molar-refractivity contribution in [2.45, 2.75) is 86.5 Å². The number of unbranched alkanes of at least 4 members (excludes halogenated alkanes) is 3. The van der Waals surface area contributed by atoms with Crippen LogP contribution < -0.4 is 0 Å². The fourth-order valence-electron chi connectivity index (χ4n) is 2.66. The zero-order valence-corrected chi connectivity index (χ0v) is 14.6. The highest BCUT2D eigenvalue weighted by Gasteiger charge is 2.18. The van der Waals surface area contributed by atoms with E-state index in [-0.39, 0.29) is 11.4 Å². The number of ether oxygens (including phenoxy) is 1. The van der Waals surface area contributed by atoms with E-state index in [9.17, 15) is 4.79 Å². The molecule has 0 aromatic carbocycles. The standard InChI is InChI=1S/C18H36O2/c1-15(2)11-9-7-8-10-12-20-17(19)13-16(3)14-18(4,5)6/h15-16H,7-14H2,1-6H3. The van der Waals surface area contributed by atoms with Crippen LogP contribution >= 0.6 is 0 Å². The van der Waals surface area contributed by atoms with E-state index in [0.717, 1.165) is 18.8 Å². The lowest BCUT2D eigenvalue weighted by Gasteiger charge is -2.22. The van der Waals surface area contributed by atoms with Gasteiger partial charge in [-0.05, 0) is 30.1 Å². The van der Waals surface area contributed by atoms with Gasteiger partial charge in [-0.15, -0.1) is 0 Å². The van der Waals surface area contributed by atoms with Crippen LogP contribution in [-0.2, 0) is 9.53 Å². The van der Waals surface area contributed by atoms with Gasteiger partial charge in [0.05, 0.1) is 6.61 Å². The van der Waals surface area contributed by atoms with Crippen LogP contribution in [0.4, 0.5) is 0 Å². The van der Waals surface area contributed by atoms with Crippen molar-refractivity contribution in [2.75, 3.05) is 6.61 Å². The molecule has 0 saturated heterocycles. The van der Waals surface area contributed by atoms with E-state index < -0.39 is 0 Å². The molecule has 0 aliphatic carbocycles. The number of carbonyl (C=O) groups excluding carboxylic acids is 1. The van der Waals surface area contributed by atoms with Crippen LogP contribution in [0.3, 0.4) is 0 Å². The quantitative estimate of drug-likeness (QED) is 0.385. The first-order chi connectivity index (χ1) is 9.20. The molecule has 0 amide bonds. The molecule has 20 heavy (non-hydrogen) atoms. The Bertz CT molecular complexity index is 251. The zero-order valence-electron chi connectivity index (χ0n) is 14.6. The Morgan fingerprint density at radius 1 is 1.00 bits per heavy atom. The average Bonchev–Trinajstić information content (AvgIpc) is 2.24. The molecule has 0 aromatic rings. The van der Waals surface area contributed by atoms with Gasteiger partial charge in [-0.2, -0.15) is 0 Å². The number of hydrogen-bond donors (Lipinski definition) is 0. The maximum Gasteiger partial charge on any atom is 0.306 e. The molecule has 0 spiro atoms. The molecule has 2 heteroatoms. The molecule has 0 saturated carbocycles. The van der Waals surface area contributed by atoms with Gasteiger partial charge in [-0.1, -0.05) is 67.2 Å². The molecule has 0 heterocycles. The predicted octanol–water partition coefficient (Wildman–Crippen LogP) is 5.60. The van der Waals surface area contributed by atoms with Gasteiger partial charge in [0.15, 0.2) is 0 Å². The first kappa shape index (κ1) is 19.5.